The molecule has 0 fully saturated rings. The van der Waals surface area contributed by atoms with Gasteiger partial charge in [0, 0.05) is 18.3 Å². The summed E-state index contributed by atoms with van der Waals surface area (Å²) in [5.74, 6) is -1.91. The minimum atomic E-state index is -0.894. The molecule has 3 N–H and O–H groups in total. The van der Waals surface area contributed by atoms with E-state index >= 15 is 0 Å². The molecular weight excluding hydrogens is 392 g/mol. The third-order valence-electron chi connectivity index (χ3n) is 3.84. The van der Waals surface area contributed by atoms with Gasteiger partial charge in [-0.3, -0.25) is 19.7 Å². The number of anilines is 2. The first kappa shape index (κ1) is 22.3. The summed E-state index contributed by atoms with van der Waals surface area (Å²) in [4.78, 5) is 46.0. The molecule has 2 amide bonds. The molecule has 158 valence electrons. The summed E-state index contributed by atoms with van der Waals surface area (Å²) in [5.41, 5.74) is 0.466. The van der Waals surface area contributed by atoms with Crippen LogP contribution in [0.3, 0.4) is 0 Å². The maximum absolute atomic E-state index is 12.1. The number of nitrogens with one attached hydrogen (secondary N) is 3. The molecule has 2 aromatic carbocycles. The van der Waals surface area contributed by atoms with E-state index in [-0.39, 0.29) is 29.4 Å². The quantitative estimate of drug-likeness (QED) is 0.307. The van der Waals surface area contributed by atoms with Crippen molar-refractivity contribution in [3.8, 4) is 0 Å². The first-order valence-corrected chi connectivity index (χ1v) is 9.21. The Morgan fingerprint density at radius 1 is 1.03 bits per heavy atom. The molecule has 0 aliphatic rings. The van der Waals surface area contributed by atoms with Crippen LogP contribution in [0.5, 0.6) is 0 Å². The minimum Gasteiger partial charge on any atom is -0.452 e. The van der Waals surface area contributed by atoms with E-state index in [0.29, 0.717) is 12.2 Å². The SMILES string of the molecule is CCCNC(=O)CNC(=O)COC(=O)c1ccc(Nc2ccccc2)c([N+](=O)[O-])c1. The van der Waals surface area contributed by atoms with Gasteiger partial charge in [-0.25, -0.2) is 4.79 Å². The Morgan fingerprint density at radius 2 is 1.77 bits per heavy atom. The van der Waals surface area contributed by atoms with Crippen molar-refractivity contribution >= 4 is 34.8 Å². The predicted molar refractivity (Wildman–Crippen MR) is 109 cm³/mol. The van der Waals surface area contributed by atoms with Crippen molar-refractivity contribution in [2.24, 2.45) is 0 Å². The molecule has 0 saturated heterocycles. The molecule has 0 atom stereocenters. The summed E-state index contributed by atoms with van der Waals surface area (Å²) in [6.45, 7) is 1.55. The Hall–Kier alpha value is -3.95. The van der Waals surface area contributed by atoms with E-state index in [1.807, 2.05) is 13.0 Å². The third kappa shape index (κ3) is 6.89. The molecule has 0 aromatic heterocycles. The zero-order chi connectivity index (χ0) is 21.9. The molecular formula is C20H22N4O6. The van der Waals surface area contributed by atoms with Crippen LogP contribution < -0.4 is 16.0 Å². The highest BCUT2D eigenvalue weighted by Gasteiger charge is 2.19. The van der Waals surface area contributed by atoms with Crippen LogP contribution in [0.25, 0.3) is 0 Å². The van der Waals surface area contributed by atoms with Crippen molar-refractivity contribution < 1.29 is 24.0 Å². The number of para-hydroxylation sites is 1. The molecule has 30 heavy (non-hydrogen) atoms. The van der Waals surface area contributed by atoms with Crippen molar-refractivity contribution in [3.63, 3.8) is 0 Å². The second-order valence-electron chi connectivity index (χ2n) is 6.18. The lowest BCUT2D eigenvalue weighted by Gasteiger charge is -2.09. The standard InChI is InChI=1S/C20H22N4O6/c1-2-10-21-18(25)12-22-19(26)13-30-20(27)14-8-9-16(17(11-14)24(28)29)23-15-6-4-3-5-7-15/h3-9,11,23H,2,10,12-13H2,1H3,(H,21,25)(H,22,26). The van der Waals surface area contributed by atoms with Crippen LogP contribution in [-0.4, -0.2) is 42.4 Å². The number of nitro groups is 1. The van der Waals surface area contributed by atoms with Crippen molar-refractivity contribution in [2.45, 2.75) is 13.3 Å². The number of esters is 1. The molecule has 0 aliphatic carbocycles. The largest absolute Gasteiger partial charge is 0.452 e. The highest BCUT2D eigenvalue weighted by Crippen LogP contribution is 2.28. The van der Waals surface area contributed by atoms with Crippen LogP contribution in [0.2, 0.25) is 0 Å². The van der Waals surface area contributed by atoms with E-state index in [1.54, 1.807) is 24.3 Å². The normalized spacial score (nSPS) is 10.0. The fourth-order valence-electron chi connectivity index (χ4n) is 2.36. The molecule has 0 saturated carbocycles. The number of nitro benzene ring substituents is 1. The van der Waals surface area contributed by atoms with Gasteiger partial charge in [-0.1, -0.05) is 25.1 Å². The fraction of sp³-hybridized carbons (Fsp3) is 0.250. The molecule has 0 heterocycles. The van der Waals surface area contributed by atoms with Crippen molar-refractivity contribution in [3.05, 3.63) is 64.2 Å². The van der Waals surface area contributed by atoms with Gasteiger partial charge in [0.1, 0.15) is 5.69 Å². The second-order valence-corrected chi connectivity index (χ2v) is 6.18. The predicted octanol–water partition coefficient (Wildman–Crippen LogP) is 2.14. The zero-order valence-electron chi connectivity index (χ0n) is 16.3. The van der Waals surface area contributed by atoms with E-state index in [9.17, 15) is 24.5 Å². The van der Waals surface area contributed by atoms with Gasteiger partial charge in [0.25, 0.3) is 11.6 Å². The molecule has 0 spiro atoms. The van der Waals surface area contributed by atoms with Gasteiger partial charge in [0.05, 0.1) is 17.0 Å². The summed E-state index contributed by atoms with van der Waals surface area (Å²) in [7, 11) is 0. The lowest BCUT2D eigenvalue weighted by atomic mass is 10.1. The summed E-state index contributed by atoms with van der Waals surface area (Å²) < 4.78 is 4.87. The maximum Gasteiger partial charge on any atom is 0.338 e. The number of amides is 2. The van der Waals surface area contributed by atoms with Gasteiger partial charge in [-0.15, -0.1) is 0 Å². The van der Waals surface area contributed by atoms with Crippen LogP contribution in [-0.2, 0) is 14.3 Å². The minimum absolute atomic E-state index is 0.0752. The molecule has 0 unspecified atom stereocenters. The van der Waals surface area contributed by atoms with E-state index < -0.39 is 23.4 Å². The summed E-state index contributed by atoms with van der Waals surface area (Å²) in [5, 5.41) is 19.2. The van der Waals surface area contributed by atoms with Gasteiger partial charge in [0.15, 0.2) is 6.61 Å². The Bertz CT molecular complexity index is 917. The lowest BCUT2D eigenvalue weighted by molar-refractivity contribution is -0.383. The molecule has 0 bridgehead atoms. The van der Waals surface area contributed by atoms with Gasteiger partial charge >= 0.3 is 5.97 Å². The highest BCUT2D eigenvalue weighted by molar-refractivity contribution is 5.93. The van der Waals surface area contributed by atoms with Crippen molar-refractivity contribution in [1.82, 2.24) is 10.6 Å². The van der Waals surface area contributed by atoms with E-state index in [0.717, 1.165) is 12.5 Å². The second kappa shape index (κ2) is 11.1. The topological polar surface area (TPSA) is 140 Å². The lowest BCUT2D eigenvalue weighted by Crippen LogP contribution is -2.38. The van der Waals surface area contributed by atoms with Crippen LogP contribution in [0, 0.1) is 10.1 Å². The third-order valence-corrected chi connectivity index (χ3v) is 3.84. The number of carbonyl (C=O) groups is 3. The van der Waals surface area contributed by atoms with Gasteiger partial charge in [0.2, 0.25) is 5.91 Å². The Kier molecular flexibility index (Phi) is 8.30. The molecule has 10 nitrogen and oxygen atoms in total. The Balaban J connectivity index is 1.95. The van der Waals surface area contributed by atoms with Gasteiger partial charge in [-0.05, 0) is 30.7 Å². The molecule has 0 radical (unpaired) electrons. The first-order valence-electron chi connectivity index (χ1n) is 9.21. The number of ether oxygens (including phenoxy) is 1. The first-order chi connectivity index (χ1) is 14.4. The number of hydrogen-bond acceptors (Lipinski definition) is 7. The summed E-state index contributed by atoms with van der Waals surface area (Å²) in [6.07, 6.45) is 0.767. The van der Waals surface area contributed by atoms with E-state index in [2.05, 4.69) is 16.0 Å². The summed E-state index contributed by atoms with van der Waals surface area (Å²) in [6, 6.07) is 12.7. The van der Waals surface area contributed by atoms with E-state index in [1.165, 1.54) is 12.1 Å². The number of benzene rings is 2. The molecule has 2 aromatic rings. The van der Waals surface area contributed by atoms with E-state index in [4.69, 9.17) is 4.74 Å². The van der Waals surface area contributed by atoms with Crippen LogP contribution in [0.15, 0.2) is 48.5 Å². The number of carbonyl (C=O) groups excluding carboxylic acids is 3. The maximum atomic E-state index is 12.1. The molecule has 0 aliphatic heterocycles. The number of hydrogen-bond donors (Lipinski definition) is 3. The molecule has 2 rings (SSSR count). The Labute approximate surface area is 172 Å². The average Bonchev–Trinajstić information content (AvgIpc) is 2.75. The fourth-order valence-corrected chi connectivity index (χ4v) is 2.36. The van der Waals surface area contributed by atoms with Crippen LogP contribution in [0.4, 0.5) is 17.1 Å². The smallest absolute Gasteiger partial charge is 0.338 e. The number of rotatable bonds is 10. The van der Waals surface area contributed by atoms with Crippen molar-refractivity contribution in [1.29, 1.82) is 0 Å². The van der Waals surface area contributed by atoms with Crippen molar-refractivity contribution in [2.75, 3.05) is 25.0 Å². The average molecular weight is 414 g/mol. The van der Waals surface area contributed by atoms with Gasteiger partial charge in [-0.2, -0.15) is 0 Å². The Morgan fingerprint density at radius 3 is 2.43 bits per heavy atom. The summed E-state index contributed by atoms with van der Waals surface area (Å²) >= 11 is 0. The zero-order valence-corrected chi connectivity index (χ0v) is 16.3. The van der Waals surface area contributed by atoms with Crippen LogP contribution in [0.1, 0.15) is 23.7 Å². The van der Waals surface area contributed by atoms with Crippen LogP contribution >= 0.6 is 0 Å². The molecule has 10 heteroatoms. The number of nitrogens with zero attached hydrogens (tertiary/aromatic N) is 1. The monoisotopic (exact) mass is 414 g/mol. The highest BCUT2D eigenvalue weighted by atomic mass is 16.6. The van der Waals surface area contributed by atoms with Gasteiger partial charge < -0.3 is 20.7 Å².